The third-order valence-corrected chi connectivity index (χ3v) is 2.62. The molecule has 0 amide bonds. The van der Waals surface area contributed by atoms with E-state index in [1.807, 2.05) is 6.07 Å². The molecule has 3 rings (SSSR count). The number of hydrogen-bond donors (Lipinski definition) is 1. The Labute approximate surface area is 178 Å². The fourth-order valence-electron chi connectivity index (χ4n) is 2.00. The van der Waals surface area contributed by atoms with Crippen LogP contribution in [0.4, 0.5) is 0 Å². The van der Waals surface area contributed by atoms with Gasteiger partial charge in [0.1, 0.15) is 0 Å². The Morgan fingerprint density at radius 1 is 1.20 bits per heavy atom. The minimum Gasteiger partial charge on any atom is -0.179 e. The fraction of sp³-hybridized carbons (Fsp3) is 0.222. The Kier molecular flexibility index (Phi) is 28.6. The number of benzene rings is 2. The molecule has 2 aromatic rings. The number of fused-ring (bicyclic) bond motifs is 3. The van der Waals surface area contributed by atoms with E-state index in [1.165, 1.54) is 22.3 Å². The molecule has 0 atom stereocenters. The van der Waals surface area contributed by atoms with Crippen LogP contribution in [0, 0.1) is 20.4 Å². The number of aliphatic hydroxyl groups excluding tert-OH is 1. The van der Waals surface area contributed by atoms with E-state index in [-0.39, 0.29) is 38.8 Å². The summed E-state index contributed by atoms with van der Waals surface area (Å²) >= 11 is -0.722. The van der Waals surface area contributed by atoms with Gasteiger partial charge in [-0.15, -0.1) is 30.4 Å². The summed E-state index contributed by atoms with van der Waals surface area (Å²) in [7, 11) is 2.29. The van der Waals surface area contributed by atoms with Gasteiger partial charge in [0.2, 0.25) is 0 Å². The summed E-state index contributed by atoms with van der Waals surface area (Å²) in [6, 6.07) is 18.1. The van der Waals surface area contributed by atoms with Crippen molar-refractivity contribution in [2.75, 3.05) is 6.61 Å². The summed E-state index contributed by atoms with van der Waals surface area (Å²) < 4.78 is 9.07. The van der Waals surface area contributed by atoms with Crippen LogP contribution in [0.2, 0.25) is 13.1 Å². The first-order valence-electron chi connectivity index (χ1n) is 7.06. The predicted molar refractivity (Wildman–Crippen MR) is 115 cm³/mol. The molecule has 0 aliphatic heterocycles. The summed E-state index contributed by atoms with van der Waals surface area (Å²) in [6.45, 7) is 7.46. The molecule has 0 aromatic heterocycles. The van der Waals surface area contributed by atoms with Crippen molar-refractivity contribution < 1.29 is 26.3 Å². The van der Waals surface area contributed by atoms with E-state index in [0.29, 0.717) is 0 Å². The summed E-state index contributed by atoms with van der Waals surface area (Å²) in [5, 5.41) is 7.46. The van der Waals surface area contributed by atoms with Gasteiger partial charge in [0.15, 0.2) is 0 Å². The molecular formula is C18H28Cl2O2Si2Ti-3. The first kappa shape index (κ1) is 32.6. The van der Waals surface area contributed by atoms with Crippen LogP contribution in [0.3, 0.4) is 0 Å². The summed E-state index contributed by atoms with van der Waals surface area (Å²) in [5.74, 6) is 0. The number of halogens is 2. The zero-order valence-electron chi connectivity index (χ0n) is 15.1. The van der Waals surface area contributed by atoms with Crippen molar-refractivity contribution in [2.45, 2.75) is 19.5 Å². The normalized spacial score (nSPS) is 8.16. The Balaban J connectivity index is -0.000000160. The van der Waals surface area contributed by atoms with Crippen LogP contribution in [-0.4, -0.2) is 28.9 Å². The Morgan fingerprint density at radius 3 is 2.16 bits per heavy atom. The minimum atomic E-state index is -0.722. The topological polar surface area (TPSA) is 37.3 Å². The van der Waals surface area contributed by atoms with E-state index in [1.54, 1.807) is 7.63 Å². The predicted octanol–water partition coefficient (Wildman–Crippen LogP) is 3.65. The third kappa shape index (κ3) is 12.8. The molecule has 0 saturated carbocycles. The zero-order chi connectivity index (χ0) is 16.8. The van der Waals surface area contributed by atoms with Gasteiger partial charge in [0, 0.05) is 9.52 Å². The van der Waals surface area contributed by atoms with Gasteiger partial charge in [0.05, 0.1) is 0 Å². The van der Waals surface area contributed by atoms with E-state index in [2.05, 4.69) is 62.5 Å². The van der Waals surface area contributed by atoms with Gasteiger partial charge in [0.25, 0.3) is 0 Å². The maximum absolute atomic E-state index is 9.07. The standard InChI is InChI=1S/C13H9.C2H5O.C2H7Si.CH3.2ClH.O.H2Si.Ti/c1-3-7-12-10(5-1)9-11-6-2-4-8-13(11)12;1-2-3;1-3-2;;;;;;/h1-5,7-8H,9H2;3H,1-2H2;3H,1-2H3;1H3;2*1H;;1H2;/q2*-1;;-1;;;;;. The van der Waals surface area contributed by atoms with E-state index in [0.717, 1.165) is 15.9 Å². The van der Waals surface area contributed by atoms with Crippen molar-refractivity contribution in [1.82, 2.24) is 0 Å². The molecule has 1 aliphatic carbocycles. The van der Waals surface area contributed by atoms with Crippen LogP contribution in [0.1, 0.15) is 11.1 Å². The van der Waals surface area contributed by atoms with E-state index in [9.17, 15) is 0 Å². The molecule has 0 saturated heterocycles. The van der Waals surface area contributed by atoms with Gasteiger partial charge >= 0.3 is 28.8 Å². The molecule has 0 spiro atoms. The van der Waals surface area contributed by atoms with E-state index >= 15 is 0 Å². The fourth-order valence-corrected chi connectivity index (χ4v) is 2.00. The molecule has 0 unspecified atom stereocenters. The van der Waals surface area contributed by atoms with Crippen molar-refractivity contribution in [2.24, 2.45) is 0 Å². The molecule has 0 fully saturated rings. The molecular weight excluding hydrogens is 423 g/mol. The molecule has 2 aromatic carbocycles. The molecule has 0 heterocycles. The number of rotatable bonds is 0. The average Bonchev–Trinajstić information content (AvgIpc) is 2.88. The van der Waals surface area contributed by atoms with Gasteiger partial charge in [-0.05, 0) is 6.42 Å². The van der Waals surface area contributed by atoms with Crippen LogP contribution in [0.25, 0.3) is 11.1 Å². The molecule has 2 nitrogen and oxygen atoms in total. The molecule has 141 valence electrons. The van der Waals surface area contributed by atoms with Crippen molar-refractivity contribution in [3.05, 3.63) is 74.0 Å². The Morgan fingerprint density at radius 2 is 1.64 bits per heavy atom. The summed E-state index contributed by atoms with van der Waals surface area (Å²) in [5.41, 5.74) is 5.51. The SMILES string of the molecule is C[SiH]C.Cl.Cl.[CH2-]CO.[CH3-].[O]=[Ti]=[SiH2].[c-]1cccc2c1Cc1ccccc1-2. The summed E-state index contributed by atoms with van der Waals surface area (Å²) in [4.78, 5) is 0. The smallest absolute Gasteiger partial charge is 0.0253 e. The van der Waals surface area contributed by atoms with Gasteiger partial charge in [-0.2, -0.15) is 29.8 Å². The Hall–Kier alpha value is -0.0719. The van der Waals surface area contributed by atoms with Crippen molar-refractivity contribution >= 4 is 42.0 Å². The van der Waals surface area contributed by atoms with Gasteiger partial charge in [-0.25, -0.2) is 0 Å². The quantitative estimate of drug-likeness (QED) is 0.419. The first-order valence-corrected chi connectivity index (χ1v) is 14.0. The van der Waals surface area contributed by atoms with Crippen LogP contribution in [-0.2, 0) is 27.6 Å². The monoisotopic (exact) mass is 450 g/mol. The zero-order valence-corrected chi connectivity index (χ0v) is 20.9. The third-order valence-electron chi connectivity index (χ3n) is 2.62. The second-order valence-corrected chi connectivity index (χ2v) is 7.14. The van der Waals surface area contributed by atoms with E-state index < -0.39 is 17.9 Å². The number of hydrogen-bond acceptors (Lipinski definition) is 2. The molecule has 0 bridgehead atoms. The van der Waals surface area contributed by atoms with Gasteiger partial charge in [-0.1, -0.05) is 55.1 Å². The maximum Gasteiger partial charge on any atom is -0.0253 e. The minimum absolute atomic E-state index is 0. The number of aliphatic hydroxyl groups is 1. The van der Waals surface area contributed by atoms with Crippen molar-refractivity contribution in [3.63, 3.8) is 0 Å². The second kappa shape index (κ2) is 22.0. The summed E-state index contributed by atoms with van der Waals surface area (Å²) in [6.07, 6.45) is 1.05. The maximum atomic E-state index is 9.07. The van der Waals surface area contributed by atoms with Crippen molar-refractivity contribution in [3.8, 4) is 11.1 Å². The Bertz CT molecular complexity index is 547. The van der Waals surface area contributed by atoms with E-state index in [4.69, 9.17) is 8.43 Å². The largest absolute Gasteiger partial charge is 0.179 e. The van der Waals surface area contributed by atoms with Gasteiger partial charge < -0.3 is 19.5 Å². The van der Waals surface area contributed by atoms with Crippen LogP contribution in [0.15, 0.2) is 42.5 Å². The molecule has 7 heteroatoms. The molecule has 1 radical (unpaired) electrons. The van der Waals surface area contributed by atoms with Crippen LogP contribution >= 0.6 is 24.8 Å². The van der Waals surface area contributed by atoms with Crippen LogP contribution in [0.5, 0.6) is 0 Å². The van der Waals surface area contributed by atoms with Crippen LogP contribution < -0.4 is 0 Å². The average molecular weight is 451 g/mol. The molecule has 1 N–H and O–H groups in total. The molecule has 25 heavy (non-hydrogen) atoms. The van der Waals surface area contributed by atoms with Gasteiger partial charge in [-0.3, -0.25) is 0 Å². The second-order valence-electron chi connectivity index (χ2n) is 4.34. The van der Waals surface area contributed by atoms with Crippen molar-refractivity contribution in [1.29, 1.82) is 0 Å². The first-order chi connectivity index (χ1) is 10.7. The molecule has 1 aliphatic rings.